The van der Waals surface area contributed by atoms with E-state index in [0.717, 1.165) is 30.5 Å². The van der Waals surface area contributed by atoms with Gasteiger partial charge >= 0.3 is 0 Å². The SMILES string of the molecule is CCNCC1CCC1c1ccc(OCC)c(OCC)c1. The van der Waals surface area contributed by atoms with Crippen molar-refractivity contribution in [3.63, 3.8) is 0 Å². The Kier molecular flexibility index (Phi) is 5.72. The van der Waals surface area contributed by atoms with Gasteiger partial charge in [-0.1, -0.05) is 13.0 Å². The van der Waals surface area contributed by atoms with E-state index in [1.54, 1.807) is 0 Å². The Morgan fingerprint density at radius 3 is 2.40 bits per heavy atom. The fourth-order valence-electron chi connectivity index (χ4n) is 2.88. The molecule has 1 fully saturated rings. The van der Waals surface area contributed by atoms with E-state index in [4.69, 9.17) is 9.47 Å². The molecule has 0 heterocycles. The van der Waals surface area contributed by atoms with Gasteiger partial charge in [0, 0.05) is 0 Å². The molecule has 0 saturated heterocycles. The molecule has 1 aromatic rings. The summed E-state index contributed by atoms with van der Waals surface area (Å²) in [5.74, 6) is 3.19. The van der Waals surface area contributed by atoms with Gasteiger partial charge in [0.25, 0.3) is 0 Å². The quantitative estimate of drug-likeness (QED) is 0.787. The first kappa shape index (κ1) is 15.2. The van der Waals surface area contributed by atoms with Crippen molar-refractivity contribution in [2.24, 2.45) is 5.92 Å². The smallest absolute Gasteiger partial charge is 0.161 e. The highest BCUT2D eigenvalue weighted by atomic mass is 16.5. The van der Waals surface area contributed by atoms with Crippen LogP contribution in [0.3, 0.4) is 0 Å². The molecule has 1 aliphatic carbocycles. The van der Waals surface area contributed by atoms with Crippen LogP contribution in [0.15, 0.2) is 18.2 Å². The molecule has 0 aromatic heterocycles. The third kappa shape index (κ3) is 3.45. The molecule has 112 valence electrons. The van der Waals surface area contributed by atoms with Crippen LogP contribution in [0, 0.1) is 5.92 Å². The van der Waals surface area contributed by atoms with E-state index in [-0.39, 0.29) is 0 Å². The van der Waals surface area contributed by atoms with Gasteiger partial charge in [0.05, 0.1) is 13.2 Å². The van der Waals surface area contributed by atoms with Crippen LogP contribution < -0.4 is 14.8 Å². The first-order valence-electron chi connectivity index (χ1n) is 7.90. The maximum Gasteiger partial charge on any atom is 0.161 e. The van der Waals surface area contributed by atoms with Crippen LogP contribution in [0.5, 0.6) is 11.5 Å². The maximum absolute atomic E-state index is 5.72. The van der Waals surface area contributed by atoms with Crippen molar-refractivity contribution in [3.8, 4) is 11.5 Å². The average molecular weight is 277 g/mol. The average Bonchev–Trinajstić information content (AvgIpc) is 2.41. The molecule has 0 bridgehead atoms. The van der Waals surface area contributed by atoms with Crippen LogP contribution in [0.1, 0.15) is 45.1 Å². The number of hydrogen-bond acceptors (Lipinski definition) is 3. The summed E-state index contributed by atoms with van der Waals surface area (Å²) in [6.45, 7) is 9.70. The molecule has 2 atom stereocenters. The van der Waals surface area contributed by atoms with Gasteiger partial charge in [0.1, 0.15) is 0 Å². The number of ether oxygens (including phenoxy) is 2. The molecule has 2 rings (SSSR count). The monoisotopic (exact) mass is 277 g/mol. The van der Waals surface area contributed by atoms with E-state index < -0.39 is 0 Å². The van der Waals surface area contributed by atoms with Gasteiger partial charge in [-0.05, 0) is 69.3 Å². The van der Waals surface area contributed by atoms with Crippen LogP contribution in [-0.2, 0) is 0 Å². The summed E-state index contributed by atoms with van der Waals surface area (Å²) in [5.41, 5.74) is 1.39. The second-order valence-corrected chi connectivity index (χ2v) is 5.32. The van der Waals surface area contributed by atoms with Crippen LogP contribution in [0.2, 0.25) is 0 Å². The fourth-order valence-corrected chi connectivity index (χ4v) is 2.88. The van der Waals surface area contributed by atoms with E-state index >= 15 is 0 Å². The topological polar surface area (TPSA) is 30.5 Å². The fraction of sp³-hybridized carbons (Fsp3) is 0.647. The highest BCUT2D eigenvalue weighted by molar-refractivity contribution is 5.44. The largest absolute Gasteiger partial charge is 0.490 e. The summed E-state index contributed by atoms with van der Waals surface area (Å²) in [6, 6.07) is 6.44. The number of nitrogens with one attached hydrogen (secondary N) is 1. The van der Waals surface area contributed by atoms with Gasteiger partial charge in [0.15, 0.2) is 11.5 Å². The lowest BCUT2D eigenvalue weighted by Gasteiger charge is -2.37. The third-order valence-corrected chi connectivity index (χ3v) is 4.07. The van der Waals surface area contributed by atoms with E-state index in [0.29, 0.717) is 19.1 Å². The molecule has 0 spiro atoms. The van der Waals surface area contributed by atoms with Gasteiger partial charge in [0.2, 0.25) is 0 Å². The van der Waals surface area contributed by atoms with Crippen molar-refractivity contribution < 1.29 is 9.47 Å². The molecule has 1 aliphatic rings. The normalized spacial score (nSPS) is 21.4. The molecule has 3 heteroatoms. The van der Waals surface area contributed by atoms with E-state index in [1.807, 2.05) is 13.8 Å². The predicted molar refractivity (Wildman–Crippen MR) is 82.8 cm³/mol. The number of rotatable bonds is 8. The molecule has 1 N–H and O–H groups in total. The van der Waals surface area contributed by atoms with Crippen LogP contribution in [0.25, 0.3) is 0 Å². The maximum atomic E-state index is 5.72. The van der Waals surface area contributed by atoms with Crippen molar-refractivity contribution in [1.29, 1.82) is 0 Å². The third-order valence-electron chi connectivity index (χ3n) is 4.07. The second-order valence-electron chi connectivity index (χ2n) is 5.32. The van der Waals surface area contributed by atoms with Gasteiger partial charge in [-0.3, -0.25) is 0 Å². The molecular weight excluding hydrogens is 250 g/mol. The Morgan fingerprint density at radius 1 is 1.05 bits per heavy atom. The molecule has 0 aliphatic heterocycles. The van der Waals surface area contributed by atoms with E-state index in [1.165, 1.54) is 18.4 Å². The molecule has 2 unspecified atom stereocenters. The summed E-state index contributed by atoms with van der Waals surface area (Å²) in [4.78, 5) is 0. The number of benzene rings is 1. The molecule has 1 saturated carbocycles. The van der Waals surface area contributed by atoms with Gasteiger partial charge in [-0.25, -0.2) is 0 Å². The Balaban J connectivity index is 2.09. The number of hydrogen-bond donors (Lipinski definition) is 1. The lowest BCUT2D eigenvalue weighted by molar-refractivity contribution is 0.245. The van der Waals surface area contributed by atoms with Crippen LogP contribution in [0.4, 0.5) is 0 Å². The summed E-state index contributed by atoms with van der Waals surface area (Å²) >= 11 is 0. The van der Waals surface area contributed by atoms with Crippen molar-refractivity contribution in [3.05, 3.63) is 23.8 Å². The molecule has 0 radical (unpaired) electrons. The lowest BCUT2D eigenvalue weighted by atomic mass is 9.70. The van der Waals surface area contributed by atoms with Crippen LogP contribution in [-0.4, -0.2) is 26.3 Å². The van der Waals surface area contributed by atoms with Crippen molar-refractivity contribution in [2.45, 2.75) is 39.5 Å². The summed E-state index contributed by atoms with van der Waals surface area (Å²) in [6.07, 6.45) is 2.62. The van der Waals surface area contributed by atoms with Gasteiger partial charge < -0.3 is 14.8 Å². The Bertz CT molecular complexity index is 419. The Labute approximate surface area is 122 Å². The minimum absolute atomic E-state index is 0.670. The highest BCUT2D eigenvalue weighted by Gasteiger charge is 2.32. The van der Waals surface area contributed by atoms with Gasteiger partial charge in [-0.2, -0.15) is 0 Å². The Morgan fingerprint density at radius 2 is 1.80 bits per heavy atom. The molecular formula is C17H27NO2. The van der Waals surface area contributed by atoms with E-state index in [9.17, 15) is 0 Å². The summed E-state index contributed by atoms with van der Waals surface area (Å²) in [5, 5.41) is 3.47. The second kappa shape index (κ2) is 7.53. The first-order valence-corrected chi connectivity index (χ1v) is 7.90. The molecule has 1 aromatic carbocycles. The molecule has 0 amide bonds. The zero-order valence-electron chi connectivity index (χ0n) is 12.9. The molecule has 20 heavy (non-hydrogen) atoms. The molecule has 3 nitrogen and oxygen atoms in total. The zero-order valence-corrected chi connectivity index (χ0v) is 12.9. The van der Waals surface area contributed by atoms with Gasteiger partial charge in [-0.15, -0.1) is 0 Å². The highest BCUT2D eigenvalue weighted by Crippen LogP contribution is 2.44. The Hall–Kier alpha value is -1.22. The van der Waals surface area contributed by atoms with E-state index in [2.05, 4.69) is 30.4 Å². The van der Waals surface area contributed by atoms with Crippen molar-refractivity contribution in [2.75, 3.05) is 26.3 Å². The summed E-state index contributed by atoms with van der Waals surface area (Å²) < 4.78 is 11.4. The van der Waals surface area contributed by atoms with Crippen molar-refractivity contribution >= 4 is 0 Å². The minimum atomic E-state index is 0.670. The predicted octanol–water partition coefficient (Wildman–Crippen LogP) is 3.59. The van der Waals surface area contributed by atoms with Crippen molar-refractivity contribution in [1.82, 2.24) is 5.32 Å². The lowest BCUT2D eigenvalue weighted by Crippen LogP contribution is -2.33. The zero-order chi connectivity index (χ0) is 14.4. The standard InChI is InChI=1S/C17H27NO2/c1-4-18-12-14-7-9-15(14)13-8-10-16(19-5-2)17(11-13)20-6-3/h8,10-11,14-15,18H,4-7,9,12H2,1-3H3. The van der Waals surface area contributed by atoms with Crippen LogP contribution >= 0.6 is 0 Å². The first-order chi connectivity index (χ1) is 9.80. The minimum Gasteiger partial charge on any atom is -0.490 e. The summed E-state index contributed by atoms with van der Waals surface area (Å²) in [7, 11) is 0.